The summed E-state index contributed by atoms with van der Waals surface area (Å²) in [5.74, 6) is -0.156. The van der Waals surface area contributed by atoms with Crippen LogP contribution in [0, 0.1) is 0 Å². The summed E-state index contributed by atoms with van der Waals surface area (Å²) >= 11 is 0. The lowest BCUT2D eigenvalue weighted by molar-refractivity contribution is -0.121. The van der Waals surface area contributed by atoms with Gasteiger partial charge in [0.05, 0.1) is 19.3 Å². The first kappa shape index (κ1) is 33.3. The Labute approximate surface area is 279 Å². The molecular weight excluding hydrogens is 614 g/mol. The zero-order chi connectivity index (χ0) is 31.7. The van der Waals surface area contributed by atoms with E-state index in [1.807, 2.05) is 91.4 Å². The molecule has 0 aliphatic carbocycles. The minimum absolute atomic E-state index is 0. The van der Waals surface area contributed by atoms with E-state index < -0.39 is 0 Å². The Kier molecular flexibility index (Phi) is 11.3. The minimum atomic E-state index is -0.0521. The van der Waals surface area contributed by atoms with E-state index in [1.165, 1.54) is 0 Å². The molecule has 6 N–H and O–H groups in total. The molecule has 47 heavy (non-hydrogen) atoms. The van der Waals surface area contributed by atoms with Crippen molar-refractivity contribution >= 4 is 62.8 Å². The zero-order valence-corrected chi connectivity index (χ0v) is 26.9. The first-order chi connectivity index (χ1) is 22.5. The van der Waals surface area contributed by atoms with Crippen molar-refractivity contribution in [3.8, 4) is 0 Å². The molecule has 0 radical (unpaired) electrons. The molecule has 6 rings (SSSR count). The highest BCUT2D eigenvalue weighted by molar-refractivity contribution is 5.90. The predicted molar refractivity (Wildman–Crippen MR) is 189 cm³/mol. The standard InChI is InChI=1S/C36H39N7O3.ClH/c44-34(19-25-22-40-31-10-4-1-7-28(25)31)37-13-16-43(17-14-38-35(45)20-26-23-41-32-11-5-2-8-29(26)32)18-15-39-36(46)21-27-24-42-33-12-6-3-9-30(27)33;/h1-12,22-24,40-42H,13-21H2,(H,37,44)(H,38,45)(H,39,46);1H. The van der Waals surface area contributed by atoms with E-state index in [0.717, 1.165) is 49.4 Å². The van der Waals surface area contributed by atoms with Crippen molar-refractivity contribution in [2.24, 2.45) is 0 Å². The third-order valence-corrected chi connectivity index (χ3v) is 8.33. The number of carbonyl (C=O) groups excluding carboxylic acids is 3. The molecule has 0 fully saturated rings. The second-order valence-electron chi connectivity index (χ2n) is 11.5. The number of benzene rings is 3. The third kappa shape index (κ3) is 8.60. The van der Waals surface area contributed by atoms with Crippen molar-refractivity contribution < 1.29 is 14.4 Å². The van der Waals surface area contributed by atoms with Crippen molar-refractivity contribution in [1.29, 1.82) is 0 Å². The smallest absolute Gasteiger partial charge is 0.224 e. The number of aromatic amines is 3. The highest BCUT2D eigenvalue weighted by atomic mass is 35.5. The number of hydrogen-bond acceptors (Lipinski definition) is 4. The number of para-hydroxylation sites is 3. The summed E-state index contributed by atoms with van der Waals surface area (Å²) in [4.78, 5) is 50.1. The summed E-state index contributed by atoms with van der Waals surface area (Å²) < 4.78 is 0. The number of nitrogens with zero attached hydrogens (tertiary/aromatic N) is 1. The summed E-state index contributed by atoms with van der Waals surface area (Å²) in [6, 6.07) is 23.8. The van der Waals surface area contributed by atoms with Crippen LogP contribution in [0.2, 0.25) is 0 Å². The zero-order valence-electron chi connectivity index (χ0n) is 26.1. The Hall–Kier alpha value is -5.06. The maximum atomic E-state index is 12.8. The van der Waals surface area contributed by atoms with Gasteiger partial charge in [0.2, 0.25) is 17.7 Å². The van der Waals surface area contributed by atoms with Crippen LogP contribution in [-0.4, -0.2) is 76.8 Å². The number of aromatic nitrogens is 3. The van der Waals surface area contributed by atoms with E-state index in [4.69, 9.17) is 0 Å². The fraction of sp³-hybridized carbons (Fsp3) is 0.250. The topological polar surface area (TPSA) is 138 Å². The maximum absolute atomic E-state index is 12.8. The molecule has 0 spiro atoms. The highest BCUT2D eigenvalue weighted by Gasteiger charge is 2.13. The van der Waals surface area contributed by atoms with Crippen molar-refractivity contribution in [3.63, 3.8) is 0 Å². The molecule has 0 saturated heterocycles. The Morgan fingerprint density at radius 2 is 0.787 bits per heavy atom. The number of nitrogens with one attached hydrogen (secondary N) is 6. The van der Waals surface area contributed by atoms with Gasteiger partial charge < -0.3 is 30.9 Å². The Bertz CT molecular complexity index is 1740. The number of H-pyrrole nitrogens is 3. The van der Waals surface area contributed by atoms with Crippen LogP contribution in [0.4, 0.5) is 0 Å². The van der Waals surface area contributed by atoms with Crippen LogP contribution in [0.5, 0.6) is 0 Å². The molecule has 3 amide bonds. The monoisotopic (exact) mass is 653 g/mol. The number of rotatable bonds is 15. The molecule has 0 saturated carbocycles. The molecule has 10 nitrogen and oxygen atoms in total. The fourth-order valence-electron chi connectivity index (χ4n) is 5.94. The average Bonchev–Trinajstić information content (AvgIpc) is 3.78. The van der Waals surface area contributed by atoms with Gasteiger partial charge in [-0.15, -0.1) is 12.4 Å². The molecule has 0 atom stereocenters. The molecule has 0 unspecified atom stereocenters. The molecule has 0 aliphatic heterocycles. The van der Waals surface area contributed by atoms with E-state index in [0.29, 0.717) is 39.3 Å². The number of amides is 3. The fourth-order valence-corrected chi connectivity index (χ4v) is 5.94. The highest BCUT2D eigenvalue weighted by Crippen LogP contribution is 2.20. The van der Waals surface area contributed by atoms with Gasteiger partial charge in [-0.25, -0.2) is 0 Å². The van der Waals surface area contributed by atoms with Gasteiger partial charge in [-0.3, -0.25) is 19.3 Å². The Morgan fingerprint density at radius 3 is 1.11 bits per heavy atom. The normalized spacial score (nSPS) is 11.2. The predicted octanol–water partition coefficient (Wildman–Crippen LogP) is 4.23. The van der Waals surface area contributed by atoms with Crippen LogP contribution >= 0.6 is 12.4 Å². The van der Waals surface area contributed by atoms with E-state index in [9.17, 15) is 14.4 Å². The molecular formula is C36H40ClN7O3. The lowest BCUT2D eigenvalue weighted by Gasteiger charge is -2.23. The van der Waals surface area contributed by atoms with Crippen LogP contribution in [0.25, 0.3) is 32.7 Å². The van der Waals surface area contributed by atoms with Crippen LogP contribution in [-0.2, 0) is 33.6 Å². The summed E-state index contributed by atoms with van der Waals surface area (Å²) in [6.07, 6.45) is 6.52. The van der Waals surface area contributed by atoms with Gasteiger partial charge in [-0.1, -0.05) is 54.6 Å². The molecule has 0 aliphatic rings. The molecule has 244 valence electrons. The number of halogens is 1. The minimum Gasteiger partial charge on any atom is -0.361 e. The Morgan fingerprint density at radius 1 is 0.489 bits per heavy atom. The molecule has 3 aromatic carbocycles. The van der Waals surface area contributed by atoms with Gasteiger partial charge in [-0.2, -0.15) is 0 Å². The van der Waals surface area contributed by atoms with E-state index >= 15 is 0 Å². The summed E-state index contributed by atoms with van der Waals surface area (Å²) in [7, 11) is 0. The molecule has 6 aromatic rings. The van der Waals surface area contributed by atoms with Crippen LogP contribution in [0.15, 0.2) is 91.4 Å². The van der Waals surface area contributed by atoms with E-state index in [2.05, 4.69) is 35.8 Å². The quantitative estimate of drug-likeness (QED) is 0.0988. The van der Waals surface area contributed by atoms with Crippen molar-refractivity contribution in [1.82, 2.24) is 35.8 Å². The van der Waals surface area contributed by atoms with Gasteiger partial charge in [0, 0.05) is 90.6 Å². The average molecular weight is 654 g/mol. The molecule has 3 aromatic heterocycles. The van der Waals surface area contributed by atoms with Crippen LogP contribution < -0.4 is 16.0 Å². The van der Waals surface area contributed by atoms with Gasteiger partial charge in [-0.05, 0) is 34.9 Å². The SMILES string of the molecule is Cl.O=C(Cc1c[nH]c2ccccc12)NCCN(CCNC(=O)Cc1c[nH]c2ccccc12)CCNC(=O)Cc1c[nH]c2ccccc12. The van der Waals surface area contributed by atoms with Gasteiger partial charge in [0.25, 0.3) is 0 Å². The van der Waals surface area contributed by atoms with E-state index in [1.54, 1.807) is 0 Å². The van der Waals surface area contributed by atoms with E-state index in [-0.39, 0.29) is 49.4 Å². The lowest BCUT2D eigenvalue weighted by Crippen LogP contribution is -2.43. The lowest BCUT2D eigenvalue weighted by atomic mass is 10.1. The number of carbonyl (C=O) groups is 3. The summed E-state index contributed by atoms with van der Waals surface area (Å²) in [5, 5.41) is 12.2. The number of fused-ring (bicyclic) bond motifs is 3. The van der Waals surface area contributed by atoms with Crippen LogP contribution in [0.3, 0.4) is 0 Å². The maximum Gasteiger partial charge on any atom is 0.224 e. The number of hydrogen-bond donors (Lipinski definition) is 6. The molecule has 0 bridgehead atoms. The third-order valence-electron chi connectivity index (χ3n) is 8.33. The molecule has 11 heteroatoms. The summed E-state index contributed by atoms with van der Waals surface area (Å²) in [5.41, 5.74) is 5.90. The second kappa shape index (κ2) is 16.0. The Balaban J connectivity index is 0.00000433. The van der Waals surface area contributed by atoms with Gasteiger partial charge >= 0.3 is 0 Å². The van der Waals surface area contributed by atoms with Crippen molar-refractivity contribution in [3.05, 3.63) is 108 Å². The largest absolute Gasteiger partial charge is 0.361 e. The molecule has 3 heterocycles. The van der Waals surface area contributed by atoms with Crippen LogP contribution in [0.1, 0.15) is 16.7 Å². The summed E-state index contributed by atoms with van der Waals surface area (Å²) in [6.45, 7) is 3.10. The van der Waals surface area contributed by atoms with Gasteiger partial charge in [0.1, 0.15) is 0 Å². The van der Waals surface area contributed by atoms with Gasteiger partial charge in [0.15, 0.2) is 0 Å². The van der Waals surface area contributed by atoms with Crippen molar-refractivity contribution in [2.45, 2.75) is 19.3 Å². The van der Waals surface area contributed by atoms with Crippen molar-refractivity contribution in [2.75, 3.05) is 39.3 Å². The first-order valence-electron chi connectivity index (χ1n) is 15.7. The first-order valence-corrected chi connectivity index (χ1v) is 15.7. The second-order valence-corrected chi connectivity index (χ2v) is 11.5.